The molecule has 4 rings (SSSR count). The van der Waals surface area contributed by atoms with Gasteiger partial charge < -0.3 is 5.32 Å². The SMILES string of the molecule is Cc1ccc(-c2csc3ncn(CC(=O)Nc4cccc(F)c4)c(=O)c23)cc1. The fourth-order valence-corrected chi connectivity index (χ4v) is 3.85. The van der Waals surface area contributed by atoms with Crippen LogP contribution in [0.3, 0.4) is 0 Å². The molecule has 0 spiro atoms. The third-order valence-electron chi connectivity index (χ3n) is 4.35. The predicted octanol–water partition coefficient (Wildman–Crippen LogP) is 4.21. The lowest BCUT2D eigenvalue weighted by atomic mass is 10.1. The first kappa shape index (κ1) is 18.1. The number of anilines is 1. The van der Waals surface area contributed by atoms with E-state index in [4.69, 9.17) is 0 Å². The van der Waals surface area contributed by atoms with Gasteiger partial charge in [0, 0.05) is 16.6 Å². The van der Waals surface area contributed by atoms with E-state index in [0.717, 1.165) is 16.7 Å². The van der Waals surface area contributed by atoms with Gasteiger partial charge in [-0.05, 0) is 30.7 Å². The first-order valence-corrected chi connectivity index (χ1v) is 9.48. The van der Waals surface area contributed by atoms with Crippen molar-refractivity contribution in [3.05, 3.63) is 82.0 Å². The maximum absolute atomic E-state index is 13.3. The molecular formula is C21H16FN3O2S. The van der Waals surface area contributed by atoms with Crippen molar-refractivity contribution in [2.45, 2.75) is 13.5 Å². The number of amides is 1. The van der Waals surface area contributed by atoms with Crippen molar-refractivity contribution in [2.75, 3.05) is 5.32 Å². The second kappa shape index (κ2) is 7.36. The van der Waals surface area contributed by atoms with Crippen LogP contribution in [-0.4, -0.2) is 15.5 Å². The molecule has 0 aliphatic heterocycles. The highest BCUT2D eigenvalue weighted by Crippen LogP contribution is 2.30. The van der Waals surface area contributed by atoms with E-state index in [2.05, 4.69) is 10.3 Å². The molecule has 0 saturated heterocycles. The standard InChI is InChI=1S/C21H16FN3O2S/c1-13-5-7-14(8-6-13)17-11-28-20-19(17)21(27)25(12-23-20)10-18(26)24-16-4-2-3-15(22)9-16/h2-9,11-12H,10H2,1H3,(H,24,26). The zero-order valence-electron chi connectivity index (χ0n) is 15.0. The molecule has 0 fully saturated rings. The third-order valence-corrected chi connectivity index (χ3v) is 5.23. The summed E-state index contributed by atoms with van der Waals surface area (Å²) in [4.78, 5) is 30.2. The summed E-state index contributed by atoms with van der Waals surface area (Å²) in [5.41, 5.74) is 2.92. The van der Waals surface area contributed by atoms with Crippen LogP contribution in [0.5, 0.6) is 0 Å². The number of rotatable bonds is 4. The van der Waals surface area contributed by atoms with E-state index in [1.165, 1.54) is 40.4 Å². The van der Waals surface area contributed by atoms with Gasteiger partial charge in [0.15, 0.2) is 0 Å². The fourth-order valence-electron chi connectivity index (χ4n) is 2.95. The van der Waals surface area contributed by atoms with Gasteiger partial charge >= 0.3 is 0 Å². The number of hydrogen-bond acceptors (Lipinski definition) is 4. The minimum absolute atomic E-state index is 0.207. The highest BCUT2D eigenvalue weighted by Gasteiger charge is 2.15. The van der Waals surface area contributed by atoms with E-state index in [-0.39, 0.29) is 12.1 Å². The quantitative estimate of drug-likeness (QED) is 0.565. The molecule has 28 heavy (non-hydrogen) atoms. The Hall–Kier alpha value is -3.32. The molecule has 140 valence electrons. The largest absolute Gasteiger partial charge is 0.324 e. The molecule has 7 heteroatoms. The predicted molar refractivity (Wildman–Crippen MR) is 109 cm³/mol. The average molecular weight is 393 g/mol. The van der Waals surface area contributed by atoms with Gasteiger partial charge in [-0.15, -0.1) is 11.3 Å². The summed E-state index contributed by atoms with van der Waals surface area (Å²) in [6, 6.07) is 13.5. The molecule has 1 N–H and O–H groups in total. The van der Waals surface area contributed by atoms with Crippen molar-refractivity contribution in [2.24, 2.45) is 0 Å². The smallest absolute Gasteiger partial charge is 0.263 e. The Balaban J connectivity index is 1.66. The van der Waals surface area contributed by atoms with Crippen LogP contribution < -0.4 is 10.9 Å². The van der Waals surface area contributed by atoms with Crippen LogP contribution in [0.15, 0.2) is 65.0 Å². The first-order valence-electron chi connectivity index (χ1n) is 8.60. The van der Waals surface area contributed by atoms with Gasteiger partial charge in [0.25, 0.3) is 5.56 Å². The van der Waals surface area contributed by atoms with E-state index < -0.39 is 11.7 Å². The second-order valence-corrected chi connectivity index (χ2v) is 7.29. The van der Waals surface area contributed by atoms with Crippen molar-refractivity contribution in [1.82, 2.24) is 9.55 Å². The minimum atomic E-state index is -0.445. The van der Waals surface area contributed by atoms with Crippen LogP contribution >= 0.6 is 11.3 Å². The highest BCUT2D eigenvalue weighted by atomic mass is 32.1. The summed E-state index contributed by atoms with van der Waals surface area (Å²) in [5.74, 6) is -0.875. The zero-order valence-corrected chi connectivity index (χ0v) is 15.8. The number of carbonyl (C=O) groups is 1. The molecule has 5 nitrogen and oxygen atoms in total. The van der Waals surface area contributed by atoms with E-state index >= 15 is 0 Å². The molecule has 0 saturated carbocycles. The number of thiophene rings is 1. The van der Waals surface area contributed by atoms with E-state index in [0.29, 0.717) is 15.9 Å². The van der Waals surface area contributed by atoms with Crippen LogP contribution in [0.4, 0.5) is 10.1 Å². The molecule has 0 aliphatic rings. The van der Waals surface area contributed by atoms with Gasteiger partial charge in [0.1, 0.15) is 17.2 Å². The Bertz CT molecular complexity index is 1230. The maximum atomic E-state index is 13.3. The van der Waals surface area contributed by atoms with Crippen molar-refractivity contribution in [3.8, 4) is 11.1 Å². The lowest BCUT2D eigenvalue weighted by Gasteiger charge is -2.08. The number of nitrogens with zero attached hydrogens (tertiary/aromatic N) is 2. The van der Waals surface area contributed by atoms with Gasteiger partial charge in [-0.25, -0.2) is 9.37 Å². The number of aromatic nitrogens is 2. The number of nitrogens with one attached hydrogen (secondary N) is 1. The molecule has 0 atom stereocenters. The third kappa shape index (κ3) is 3.57. The maximum Gasteiger partial charge on any atom is 0.263 e. The van der Waals surface area contributed by atoms with Crippen LogP contribution in [0.1, 0.15) is 5.56 Å². The van der Waals surface area contributed by atoms with Crippen LogP contribution in [0, 0.1) is 12.7 Å². The summed E-state index contributed by atoms with van der Waals surface area (Å²) in [6.07, 6.45) is 1.37. The van der Waals surface area contributed by atoms with Crippen molar-refractivity contribution in [1.29, 1.82) is 0 Å². The lowest BCUT2D eigenvalue weighted by Crippen LogP contribution is -2.27. The molecule has 0 unspecified atom stereocenters. The van der Waals surface area contributed by atoms with Gasteiger partial charge in [0.05, 0.1) is 11.7 Å². The number of hydrogen-bond donors (Lipinski definition) is 1. The molecule has 0 bridgehead atoms. The van der Waals surface area contributed by atoms with Crippen molar-refractivity contribution >= 4 is 33.1 Å². The number of aryl methyl sites for hydroxylation is 1. The summed E-state index contributed by atoms with van der Waals surface area (Å²) in [7, 11) is 0. The van der Waals surface area contributed by atoms with Crippen molar-refractivity contribution < 1.29 is 9.18 Å². The lowest BCUT2D eigenvalue weighted by molar-refractivity contribution is -0.116. The van der Waals surface area contributed by atoms with Gasteiger partial charge in [-0.1, -0.05) is 35.9 Å². The Kier molecular flexibility index (Phi) is 4.75. The number of halogens is 1. The molecule has 2 aromatic heterocycles. The van der Waals surface area contributed by atoms with Crippen LogP contribution in [-0.2, 0) is 11.3 Å². The molecule has 0 radical (unpaired) electrons. The van der Waals surface area contributed by atoms with E-state index in [1.807, 2.05) is 36.6 Å². The Morgan fingerprint density at radius 3 is 2.75 bits per heavy atom. The van der Waals surface area contributed by atoms with E-state index in [1.54, 1.807) is 6.07 Å². The van der Waals surface area contributed by atoms with E-state index in [9.17, 15) is 14.0 Å². The molecular weight excluding hydrogens is 377 g/mol. The summed E-state index contributed by atoms with van der Waals surface area (Å²) in [6.45, 7) is 1.79. The molecule has 4 aromatic rings. The van der Waals surface area contributed by atoms with Gasteiger partial charge in [0.2, 0.25) is 5.91 Å². The van der Waals surface area contributed by atoms with Crippen LogP contribution in [0.25, 0.3) is 21.3 Å². The molecule has 2 aromatic carbocycles. The van der Waals surface area contributed by atoms with Crippen molar-refractivity contribution in [3.63, 3.8) is 0 Å². The summed E-state index contributed by atoms with van der Waals surface area (Å²) >= 11 is 1.39. The monoisotopic (exact) mass is 393 g/mol. The number of fused-ring (bicyclic) bond motifs is 1. The normalized spacial score (nSPS) is 10.9. The Morgan fingerprint density at radius 2 is 2.00 bits per heavy atom. The summed E-state index contributed by atoms with van der Waals surface area (Å²) < 4.78 is 14.5. The zero-order chi connectivity index (χ0) is 19.7. The minimum Gasteiger partial charge on any atom is -0.324 e. The topological polar surface area (TPSA) is 64.0 Å². The average Bonchev–Trinajstić information content (AvgIpc) is 3.09. The molecule has 0 aliphatic carbocycles. The molecule has 1 amide bonds. The second-order valence-electron chi connectivity index (χ2n) is 6.43. The highest BCUT2D eigenvalue weighted by molar-refractivity contribution is 7.17. The van der Waals surface area contributed by atoms with Crippen LogP contribution in [0.2, 0.25) is 0 Å². The number of benzene rings is 2. The Labute approximate surface area is 164 Å². The molecule has 2 heterocycles. The number of carbonyl (C=O) groups excluding carboxylic acids is 1. The van der Waals surface area contributed by atoms with Gasteiger partial charge in [-0.2, -0.15) is 0 Å². The first-order chi connectivity index (χ1) is 13.5. The fraction of sp³-hybridized carbons (Fsp3) is 0.0952. The van der Waals surface area contributed by atoms with Gasteiger partial charge in [-0.3, -0.25) is 14.2 Å². The summed E-state index contributed by atoms with van der Waals surface area (Å²) in [5, 5.41) is 4.99. The Morgan fingerprint density at radius 1 is 1.21 bits per heavy atom.